The molecule has 1 aliphatic heterocycles. The second kappa shape index (κ2) is 7.35. The number of nitrogens with zero attached hydrogens (tertiary/aromatic N) is 1. The minimum atomic E-state index is -0.305. The summed E-state index contributed by atoms with van der Waals surface area (Å²) in [4.78, 5) is 27.6. The summed E-state index contributed by atoms with van der Waals surface area (Å²) in [6, 6.07) is 14.0. The molecule has 0 spiro atoms. The van der Waals surface area contributed by atoms with Crippen LogP contribution in [0.4, 0.5) is 11.4 Å². The number of nitrogens with one attached hydrogen (secondary N) is 1. The van der Waals surface area contributed by atoms with E-state index in [9.17, 15) is 9.59 Å². The van der Waals surface area contributed by atoms with Crippen LogP contribution in [0.5, 0.6) is 0 Å². The molecular formula is C20H14Cl2N2O2S. The second-order valence-corrected chi connectivity index (χ2v) is 7.90. The van der Waals surface area contributed by atoms with Gasteiger partial charge in [0.2, 0.25) is 0 Å². The van der Waals surface area contributed by atoms with Crippen molar-refractivity contribution in [2.24, 2.45) is 0 Å². The zero-order valence-electron chi connectivity index (χ0n) is 14.0. The topological polar surface area (TPSA) is 49.4 Å². The first-order valence-electron chi connectivity index (χ1n) is 8.27. The maximum Gasteiger partial charge on any atom is 0.268 e. The lowest BCUT2D eigenvalue weighted by Crippen LogP contribution is -2.28. The van der Waals surface area contributed by atoms with Gasteiger partial charge in [0.15, 0.2) is 0 Å². The number of halogens is 2. The van der Waals surface area contributed by atoms with Crippen LogP contribution in [0.1, 0.15) is 25.6 Å². The van der Waals surface area contributed by atoms with E-state index in [1.54, 1.807) is 23.1 Å². The van der Waals surface area contributed by atoms with E-state index in [0.717, 1.165) is 22.5 Å². The van der Waals surface area contributed by atoms with Crippen molar-refractivity contribution >= 4 is 57.7 Å². The standard InChI is InChI=1S/C20H14Cl2N2O2S/c21-13-3-5-15(16(22)11-13)19(25)23-14-4-6-17-12(10-14)7-8-24(17)20(26)18-2-1-9-27-18/h1-6,9-11H,7-8H2,(H,23,25). The molecule has 2 aromatic carbocycles. The van der Waals surface area contributed by atoms with Crippen molar-refractivity contribution in [2.45, 2.75) is 6.42 Å². The van der Waals surface area contributed by atoms with Gasteiger partial charge in [0.25, 0.3) is 11.8 Å². The van der Waals surface area contributed by atoms with Crippen molar-refractivity contribution in [3.05, 3.63) is 80.0 Å². The summed E-state index contributed by atoms with van der Waals surface area (Å²) in [6.45, 7) is 0.631. The maximum absolute atomic E-state index is 12.6. The van der Waals surface area contributed by atoms with E-state index in [1.165, 1.54) is 17.4 Å². The van der Waals surface area contributed by atoms with Crippen molar-refractivity contribution in [3.8, 4) is 0 Å². The summed E-state index contributed by atoms with van der Waals surface area (Å²) in [5.41, 5.74) is 2.93. The van der Waals surface area contributed by atoms with Gasteiger partial charge in [-0.2, -0.15) is 0 Å². The van der Waals surface area contributed by atoms with E-state index >= 15 is 0 Å². The molecule has 2 amide bonds. The first-order chi connectivity index (χ1) is 13.0. The van der Waals surface area contributed by atoms with E-state index in [2.05, 4.69) is 5.32 Å². The first kappa shape index (κ1) is 18.0. The summed E-state index contributed by atoms with van der Waals surface area (Å²) in [7, 11) is 0. The number of amides is 2. The molecule has 4 nitrogen and oxygen atoms in total. The smallest absolute Gasteiger partial charge is 0.268 e. The Morgan fingerprint density at radius 2 is 1.93 bits per heavy atom. The molecule has 1 aliphatic rings. The zero-order chi connectivity index (χ0) is 19.0. The predicted molar refractivity (Wildman–Crippen MR) is 111 cm³/mol. The number of benzene rings is 2. The van der Waals surface area contributed by atoms with Crippen LogP contribution in [0.25, 0.3) is 0 Å². The molecule has 0 fully saturated rings. The van der Waals surface area contributed by atoms with E-state index in [4.69, 9.17) is 23.2 Å². The van der Waals surface area contributed by atoms with Crippen molar-refractivity contribution in [2.75, 3.05) is 16.8 Å². The van der Waals surface area contributed by atoms with Gasteiger partial charge in [0.1, 0.15) is 0 Å². The second-order valence-electron chi connectivity index (χ2n) is 6.11. The molecule has 1 aromatic heterocycles. The molecule has 7 heteroatoms. The molecule has 0 bridgehead atoms. The molecule has 0 aliphatic carbocycles. The fourth-order valence-corrected chi connectivity index (χ4v) is 4.26. The third kappa shape index (κ3) is 3.58. The Morgan fingerprint density at radius 3 is 2.67 bits per heavy atom. The van der Waals surface area contributed by atoms with Gasteiger partial charge < -0.3 is 10.2 Å². The van der Waals surface area contributed by atoms with Gasteiger partial charge >= 0.3 is 0 Å². The molecule has 0 saturated heterocycles. The molecular weight excluding hydrogens is 403 g/mol. The molecule has 136 valence electrons. The minimum absolute atomic E-state index is 0.00785. The maximum atomic E-state index is 12.6. The van der Waals surface area contributed by atoms with E-state index in [0.29, 0.717) is 27.8 Å². The van der Waals surface area contributed by atoms with Gasteiger partial charge in [0.05, 0.1) is 15.5 Å². The monoisotopic (exact) mass is 416 g/mol. The summed E-state index contributed by atoms with van der Waals surface area (Å²) >= 11 is 13.4. The highest BCUT2D eigenvalue weighted by Gasteiger charge is 2.26. The predicted octanol–water partition coefficient (Wildman–Crippen LogP) is 5.51. The Labute approximate surface area is 170 Å². The van der Waals surface area contributed by atoms with Gasteiger partial charge in [-0.3, -0.25) is 9.59 Å². The summed E-state index contributed by atoms with van der Waals surface area (Å²) in [5, 5.41) is 5.52. The lowest BCUT2D eigenvalue weighted by Gasteiger charge is -2.16. The Balaban J connectivity index is 1.54. The van der Waals surface area contributed by atoms with Gasteiger partial charge in [-0.15, -0.1) is 11.3 Å². The summed E-state index contributed by atoms with van der Waals surface area (Å²) in [5.74, 6) is -0.297. The van der Waals surface area contributed by atoms with Crippen LogP contribution >= 0.6 is 34.5 Å². The van der Waals surface area contributed by atoms with Gasteiger partial charge in [-0.25, -0.2) is 0 Å². The molecule has 27 heavy (non-hydrogen) atoms. The van der Waals surface area contributed by atoms with Crippen LogP contribution in [0, 0.1) is 0 Å². The Kier molecular flexibility index (Phi) is 4.91. The van der Waals surface area contributed by atoms with Crippen LogP contribution in [0.3, 0.4) is 0 Å². The van der Waals surface area contributed by atoms with Gasteiger partial charge in [0, 0.05) is 22.9 Å². The highest BCUT2D eigenvalue weighted by molar-refractivity contribution is 7.12. The van der Waals surface area contributed by atoms with Crippen molar-refractivity contribution < 1.29 is 9.59 Å². The van der Waals surface area contributed by atoms with Crippen LogP contribution in [0.2, 0.25) is 10.0 Å². The number of carbonyl (C=O) groups excluding carboxylic acids is 2. The number of hydrogen-bond donors (Lipinski definition) is 1. The average Bonchev–Trinajstić information content (AvgIpc) is 3.30. The largest absolute Gasteiger partial charge is 0.322 e. The quantitative estimate of drug-likeness (QED) is 0.611. The number of anilines is 2. The van der Waals surface area contributed by atoms with Crippen LogP contribution in [-0.4, -0.2) is 18.4 Å². The molecule has 4 rings (SSSR count). The lowest BCUT2D eigenvalue weighted by atomic mass is 10.1. The Bertz CT molecular complexity index is 1030. The summed E-state index contributed by atoms with van der Waals surface area (Å²) in [6.07, 6.45) is 0.748. The van der Waals surface area contributed by atoms with Crippen molar-refractivity contribution in [1.82, 2.24) is 0 Å². The highest BCUT2D eigenvalue weighted by Crippen LogP contribution is 2.32. The number of carbonyl (C=O) groups is 2. The highest BCUT2D eigenvalue weighted by atomic mass is 35.5. The number of rotatable bonds is 3. The van der Waals surface area contributed by atoms with Crippen molar-refractivity contribution in [3.63, 3.8) is 0 Å². The lowest BCUT2D eigenvalue weighted by molar-refractivity contribution is 0.0991. The van der Waals surface area contributed by atoms with Crippen LogP contribution in [0.15, 0.2) is 53.9 Å². The minimum Gasteiger partial charge on any atom is -0.322 e. The van der Waals surface area contributed by atoms with Crippen molar-refractivity contribution in [1.29, 1.82) is 0 Å². The first-order valence-corrected chi connectivity index (χ1v) is 9.91. The SMILES string of the molecule is O=C(Nc1ccc2c(c1)CCN2C(=O)c1cccs1)c1ccc(Cl)cc1Cl. The third-order valence-corrected chi connectivity index (χ3v) is 5.79. The van der Waals surface area contributed by atoms with E-state index in [1.807, 2.05) is 29.6 Å². The molecule has 0 unspecified atom stereocenters. The third-order valence-electron chi connectivity index (χ3n) is 4.39. The summed E-state index contributed by atoms with van der Waals surface area (Å²) < 4.78 is 0. The molecule has 3 aromatic rings. The molecule has 1 N–H and O–H groups in total. The average molecular weight is 417 g/mol. The normalized spacial score (nSPS) is 12.7. The fourth-order valence-electron chi connectivity index (χ4n) is 3.10. The molecule has 2 heterocycles. The number of hydrogen-bond acceptors (Lipinski definition) is 3. The van der Waals surface area contributed by atoms with Crippen LogP contribution in [-0.2, 0) is 6.42 Å². The number of thiophene rings is 1. The fraction of sp³-hybridized carbons (Fsp3) is 0.100. The molecule has 0 atom stereocenters. The van der Waals surface area contributed by atoms with Gasteiger partial charge in [-0.05, 0) is 59.8 Å². The Morgan fingerprint density at radius 1 is 1.07 bits per heavy atom. The number of fused-ring (bicyclic) bond motifs is 1. The molecule has 0 radical (unpaired) electrons. The molecule has 0 saturated carbocycles. The zero-order valence-corrected chi connectivity index (χ0v) is 16.4. The van der Waals surface area contributed by atoms with E-state index in [-0.39, 0.29) is 11.8 Å². The van der Waals surface area contributed by atoms with E-state index < -0.39 is 0 Å². The Hall–Kier alpha value is -2.34. The van der Waals surface area contributed by atoms with Gasteiger partial charge in [-0.1, -0.05) is 29.3 Å². The van der Waals surface area contributed by atoms with Crippen LogP contribution < -0.4 is 10.2 Å².